The van der Waals surface area contributed by atoms with Crippen LogP contribution in [0.25, 0.3) is 21.9 Å². The van der Waals surface area contributed by atoms with Gasteiger partial charge in [-0.2, -0.15) is 5.01 Å². The fourth-order valence-electron chi connectivity index (χ4n) is 3.53. The number of halogens is 2. The Morgan fingerprint density at radius 2 is 1.69 bits per heavy atom. The van der Waals surface area contributed by atoms with E-state index in [1.165, 1.54) is 18.2 Å². The molecule has 1 aliphatic heterocycles. The van der Waals surface area contributed by atoms with Crippen molar-refractivity contribution in [2.24, 2.45) is 10.8 Å². The van der Waals surface area contributed by atoms with Crippen molar-refractivity contribution in [3.63, 3.8) is 0 Å². The van der Waals surface area contributed by atoms with Gasteiger partial charge in [-0.3, -0.25) is 4.79 Å². The molecule has 9 nitrogen and oxygen atoms in total. The Labute approximate surface area is 208 Å². The zero-order chi connectivity index (χ0) is 24.7. The summed E-state index contributed by atoms with van der Waals surface area (Å²) in [6.07, 6.45) is 0. The maximum Gasteiger partial charge on any atom is 0.347 e. The van der Waals surface area contributed by atoms with E-state index in [2.05, 4.69) is 27.2 Å². The highest BCUT2D eigenvalue weighted by Crippen LogP contribution is 2.41. The first-order valence-electron chi connectivity index (χ1n) is 10.2. The molecule has 3 aromatic carbocycles. The Balaban J connectivity index is 1.54. The average molecular weight is 507 g/mol. The molecule has 35 heavy (non-hydrogen) atoms. The average Bonchev–Trinajstić information content (AvgIpc) is 2.84. The van der Waals surface area contributed by atoms with Crippen molar-refractivity contribution < 1.29 is 9.53 Å². The fraction of sp³-hybridized carbons (Fsp3) is 0. The number of urea groups is 1. The van der Waals surface area contributed by atoms with Gasteiger partial charge in [-0.15, -0.1) is 10.2 Å². The lowest BCUT2D eigenvalue weighted by molar-refractivity contribution is 0.248. The lowest BCUT2D eigenvalue weighted by Gasteiger charge is -2.24. The lowest BCUT2D eigenvalue weighted by atomic mass is 10.0. The molecule has 0 radical (unpaired) electrons. The van der Waals surface area contributed by atoms with E-state index in [9.17, 15) is 9.59 Å². The molecule has 0 unspecified atom stereocenters. The van der Waals surface area contributed by atoms with E-state index in [0.29, 0.717) is 5.56 Å². The van der Waals surface area contributed by atoms with Crippen LogP contribution in [0, 0.1) is 0 Å². The number of fused-ring (bicyclic) bond motifs is 1. The molecule has 0 saturated carbocycles. The second-order valence-corrected chi connectivity index (χ2v) is 8.37. The number of nitrogens with two attached hydrogens (primary N) is 1. The molecule has 0 spiro atoms. The van der Waals surface area contributed by atoms with Gasteiger partial charge in [0.05, 0.1) is 27.0 Å². The Bertz CT molecular complexity index is 1590. The number of hydrogen-bond acceptors (Lipinski definition) is 6. The number of nitrogens with zero attached hydrogens (tertiary/aromatic N) is 3. The number of carbonyl (C=O) groups excluding carboxylic acids is 1. The number of benzene rings is 3. The minimum Gasteiger partial charge on any atom is -0.434 e. The molecule has 4 N–H and O–H groups in total. The van der Waals surface area contributed by atoms with E-state index in [4.69, 9.17) is 33.7 Å². The second kappa shape index (κ2) is 8.79. The molecule has 0 bridgehead atoms. The molecular formula is C24H16Cl2N6O3. The van der Waals surface area contributed by atoms with E-state index in [1.807, 2.05) is 42.5 Å². The van der Waals surface area contributed by atoms with E-state index in [0.717, 1.165) is 21.3 Å². The largest absolute Gasteiger partial charge is 0.434 e. The van der Waals surface area contributed by atoms with Crippen LogP contribution in [0.3, 0.4) is 0 Å². The molecule has 11 heteroatoms. The highest BCUT2D eigenvalue weighted by Gasteiger charge is 2.25. The summed E-state index contributed by atoms with van der Waals surface area (Å²) in [5.74, 6) is 0.206. The molecule has 4 aromatic rings. The van der Waals surface area contributed by atoms with Crippen molar-refractivity contribution in [2.75, 3.05) is 5.01 Å². The fourth-order valence-corrected chi connectivity index (χ4v) is 4.08. The number of amidine groups is 1. The number of aromatic amines is 1. The van der Waals surface area contributed by atoms with Gasteiger partial charge in [-0.1, -0.05) is 66.2 Å². The molecule has 0 atom stereocenters. The van der Waals surface area contributed by atoms with Crippen LogP contribution in [-0.4, -0.2) is 22.1 Å². The van der Waals surface area contributed by atoms with Crippen LogP contribution in [0.2, 0.25) is 10.0 Å². The normalized spacial score (nSPS) is 13.5. The van der Waals surface area contributed by atoms with E-state index < -0.39 is 11.6 Å². The topological polar surface area (TPSA) is 126 Å². The number of aromatic nitrogens is 2. The number of amides is 2. The van der Waals surface area contributed by atoms with Gasteiger partial charge in [0.2, 0.25) is 5.88 Å². The van der Waals surface area contributed by atoms with Crippen LogP contribution in [0.15, 0.2) is 82.8 Å². The first-order chi connectivity index (χ1) is 16.8. The maximum atomic E-state index is 12.3. The smallest absolute Gasteiger partial charge is 0.347 e. The molecule has 1 aliphatic rings. The van der Waals surface area contributed by atoms with Gasteiger partial charge in [0.15, 0.2) is 11.6 Å². The number of ether oxygens (including phenoxy) is 1. The first kappa shape index (κ1) is 22.5. The standard InChI is InChI=1S/C24H16Cl2N6O3/c1-12-22(27)31-32(24(34)28-12)16-9-18(25)21(19(26)10-16)35-23-17(11-20(33)29-30-23)15-7-6-13-4-2-3-5-14(13)8-15/h2-11H,1H2,(H2,27,31)(H,28,34)(H,29,33). The predicted octanol–water partition coefficient (Wildman–Crippen LogP) is 5.00. The monoisotopic (exact) mass is 506 g/mol. The third kappa shape index (κ3) is 4.30. The number of hydrazone groups is 1. The minimum atomic E-state index is -0.578. The molecule has 0 aliphatic carbocycles. The summed E-state index contributed by atoms with van der Waals surface area (Å²) in [6, 6.07) is 17.2. The number of nitrogens with one attached hydrogen (secondary N) is 2. The highest BCUT2D eigenvalue weighted by molar-refractivity contribution is 6.37. The summed E-state index contributed by atoms with van der Waals surface area (Å²) < 4.78 is 5.96. The Kier molecular flexibility index (Phi) is 5.64. The number of carbonyl (C=O) groups is 1. The molecule has 0 saturated heterocycles. The summed E-state index contributed by atoms with van der Waals surface area (Å²) in [5, 5.41) is 16.1. The zero-order valence-corrected chi connectivity index (χ0v) is 19.4. The summed E-state index contributed by atoms with van der Waals surface area (Å²) in [4.78, 5) is 24.4. The first-order valence-corrected chi connectivity index (χ1v) is 11.0. The highest BCUT2D eigenvalue weighted by atomic mass is 35.5. The molecule has 2 amide bonds. The molecule has 5 rings (SSSR count). The van der Waals surface area contributed by atoms with Crippen LogP contribution < -0.4 is 26.4 Å². The molecule has 2 heterocycles. The van der Waals surface area contributed by atoms with Crippen molar-refractivity contribution in [3.8, 4) is 22.8 Å². The molecular weight excluding hydrogens is 491 g/mol. The van der Waals surface area contributed by atoms with E-state index in [-0.39, 0.29) is 38.9 Å². The van der Waals surface area contributed by atoms with Gasteiger partial charge in [0.25, 0.3) is 5.56 Å². The van der Waals surface area contributed by atoms with E-state index in [1.54, 1.807) is 0 Å². The number of rotatable bonds is 4. The van der Waals surface area contributed by atoms with Crippen LogP contribution in [0.5, 0.6) is 11.6 Å². The van der Waals surface area contributed by atoms with Gasteiger partial charge in [0, 0.05) is 6.07 Å². The molecule has 174 valence electrons. The van der Waals surface area contributed by atoms with Crippen molar-refractivity contribution >= 4 is 51.5 Å². The number of hydrogen-bond donors (Lipinski definition) is 3. The van der Waals surface area contributed by atoms with Gasteiger partial charge in [0.1, 0.15) is 0 Å². The quantitative estimate of drug-likeness (QED) is 0.358. The van der Waals surface area contributed by atoms with Gasteiger partial charge >= 0.3 is 6.03 Å². The van der Waals surface area contributed by atoms with Crippen molar-refractivity contribution in [2.45, 2.75) is 0 Å². The summed E-state index contributed by atoms with van der Waals surface area (Å²) >= 11 is 12.9. The Hall–Kier alpha value is -4.34. The molecule has 0 fully saturated rings. The summed E-state index contributed by atoms with van der Waals surface area (Å²) in [5.41, 5.74) is 6.97. The number of anilines is 1. The lowest BCUT2D eigenvalue weighted by Crippen LogP contribution is -2.45. The van der Waals surface area contributed by atoms with E-state index >= 15 is 0 Å². The SMILES string of the molecule is C=C1NC(=O)N(c2cc(Cl)c(Oc3n[nH]c(=O)cc3-c3ccc4ccccc4c3)c(Cl)c2)N=C1N. The number of H-pyrrole nitrogens is 1. The van der Waals surface area contributed by atoms with Crippen LogP contribution in [-0.2, 0) is 0 Å². The van der Waals surface area contributed by atoms with Gasteiger partial charge in [-0.25, -0.2) is 9.89 Å². The van der Waals surface area contributed by atoms with Crippen molar-refractivity contribution in [1.82, 2.24) is 15.5 Å². The minimum absolute atomic E-state index is 0.0367. The zero-order valence-electron chi connectivity index (χ0n) is 17.9. The van der Waals surface area contributed by atoms with Crippen LogP contribution in [0.1, 0.15) is 0 Å². The molecule has 1 aromatic heterocycles. The van der Waals surface area contributed by atoms with Gasteiger partial charge in [-0.05, 0) is 34.5 Å². The summed E-state index contributed by atoms with van der Waals surface area (Å²) in [7, 11) is 0. The van der Waals surface area contributed by atoms with Gasteiger partial charge < -0.3 is 15.8 Å². The van der Waals surface area contributed by atoms with Crippen molar-refractivity contribution in [1.29, 1.82) is 0 Å². The van der Waals surface area contributed by atoms with Crippen LogP contribution in [0.4, 0.5) is 10.5 Å². The Morgan fingerprint density at radius 3 is 2.43 bits per heavy atom. The van der Waals surface area contributed by atoms with Crippen LogP contribution >= 0.6 is 23.2 Å². The maximum absolute atomic E-state index is 12.3. The third-order valence-electron chi connectivity index (χ3n) is 5.23. The summed E-state index contributed by atoms with van der Waals surface area (Å²) in [6.45, 7) is 3.61. The second-order valence-electron chi connectivity index (χ2n) is 7.56. The Morgan fingerprint density at radius 1 is 0.971 bits per heavy atom. The van der Waals surface area contributed by atoms with Crippen molar-refractivity contribution in [3.05, 3.63) is 93.3 Å². The predicted molar refractivity (Wildman–Crippen MR) is 136 cm³/mol. The third-order valence-corrected chi connectivity index (χ3v) is 5.79.